The number of piperidine rings is 1. The van der Waals surface area contributed by atoms with E-state index in [9.17, 15) is 27.6 Å². The Hall–Kier alpha value is -3.76. The van der Waals surface area contributed by atoms with Crippen LogP contribution in [0.3, 0.4) is 0 Å². The van der Waals surface area contributed by atoms with Crippen molar-refractivity contribution in [2.24, 2.45) is 5.92 Å². The number of rotatable bonds is 6. The summed E-state index contributed by atoms with van der Waals surface area (Å²) in [5.74, 6) is -0.392. The summed E-state index contributed by atoms with van der Waals surface area (Å²) in [4.78, 5) is 40.4. The van der Waals surface area contributed by atoms with Crippen molar-refractivity contribution in [3.05, 3.63) is 59.2 Å². The molecular formula is C26H28F3N3O5. The third-order valence-electron chi connectivity index (χ3n) is 6.39. The second kappa shape index (κ2) is 10.7. The highest BCUT2D eigenvalue weighted by Crippen LogP contribution is 2.33. The van der Waals surface area contributed by atoms with E-state index in [0.29, 0.717) is 43.0 Å². The fourth-order valence-corrected chi connectivity index (χ4v) is 4.45. The van der Waals surface area contributed by atoms with Gasteiger partial charge in [-0.15, -0.1) is 0 Å². The summed E-state index contributed by atoms with van der Waals surface area (Å²) in [5.41, 5.74) is -0.335. The van der Waals surface area contributed by atoms with E-state index in [0.717, 1.165) is 12.1 Å². The summed E-state index contributed by atoms with van der Waals surface area (Å²) < 4.78 is 49.1. The highest BCUT2D eigenvalue weighted by Gasteiger charge is 2.35. The molecule has 0 unspecified atom stereocenters. The number of alkyl halides is 3. The van der Waals surface area contributed by atoms with E-state index < -0.39 is 23.7 Å². The number of likely N-dealkylation sites (tertiary alicyclic amines) is 1. The Balaban J connectivity index is 1.42. The van der Waals surface area contributed by atoms with Crippen molar-refractivity contribution in [1.82, 2.24) is 15.5 Å². The number of amides is 3. The van der Waals surface area contributed by atoms with Gasteiger partial charge in [0, 0.05) is 30.3 Å². The number of nitrogens with one attached hydrogen (secondary N) is 2. The van der Waals surface area contributed by atoms with Gasteiger partial charge >= 0.3 is 6.18 Å². The number of nitrogens with zero attached hydrogens (tertiary/aromatic N) is 1. The van der Waals surface area contributed by atoms with Gasteiger partial charge in [0.15, 0.2) is 11.5 Å². The van der Waals surface area contributed by atoms with Crippen molar-refractivity contribution in [3.8, 4) is 11.5 Å². The van der Waals surface area contributed by atoms with Crippen LogP contribution in [0, 0.1) is 5.92 Å². The monoisotopic (exact) mass is 519 g/mol. The maximum atomic E-state index is 13.0. The molecule has 2 aromatic carbocycles. The Bertz CT molecular complexity index is 1160. The topological polar surface area (TPSA) is 97.0 Å². The maximum Gasteiger partial charge on any atom is 0.416 e. The predicted molar refractivity (Wildman–Crippen MR) is 127 cm³/mol. The molecule has 0 saturated carbocycles. The van der Waals surface area contributed by atoms with Crippen molar-refractivity contribution in [2.75, 3.05) is 19.9 Å². The van der Waals surface area contributed by atoms with E-state index in [-0.39, 0.29) is 36.1 Å². The van der Waals surface area contributed by atoms with Gasteiger partial charge in [0.05, 0.1) is 5.56 Å². The molecule has 2 aromatic rings. The van der Waals surface area contributed by atoms with E-state index in [4.69, 9.17) is 9.47 Å². The highest BCUT2D eigenvalue weighted by molar-refractivity contribution is 5.98. The smallest absolute Gasteiger partial charge is 0.416 e. The number of hydrogen-bond donors (Lipinski definition) is 2. The lowest BCUT2D eigenvalue weighted by molar-refractivity contribution is -0.137. The largest absolute Gasteiger partial charge is 0.454 e. The Morgan fingerprint density at radius 1 is 0.919 bits per heavy atom. The minimum Gasteiger partial charge on any atom is -0.454 e. The molecular weight excluding hydrogens is 491 g/mol. The summed E-state index contributed by atoms with van der Waals surface area (Å²) in [6.45, 7) is 4.31. The van der Waals surface area contributed by atoms with E-state index in [1.807, 2.05) is 13.8 Å². The van der Waals surface area contributed by atoms with Crippen molar-refractivity contribution >= 4 is 17.7 Å². The Morgan fingerprint density at radius 3 is 2.16 bits per heavy atom. The van der Waals surface area contributed by atoms with Gasteiger partial charge in [-0.25, -0.2) is 0 Å². The molecule has 0 aliphatic carbocycles. The molecule has 2 aliphatic rings. The number of carbonyl (C=O) groups excluding carboxylic acids is 3. The maximum absolute atomic E-state index is 13.0. The summed E-state index contributed by atoms with van der Waals surface area (Å²) in [6, 6.07) is 7.92. The van der Waals surface area contributed by atoms with Gasteiger partial charge in [-0.05, 0) is 75.1 Å². The second-order valence-corrected chi connectivity index (χ2v) is 9.39. The van der Waals surface area contributed by atoms with Crippen molar-refractivity contribution in [1.29, 1.82) is 0 Å². The molecule has 1 atom stereocenters. The predicted octanol–water partition coefficient (Wildman–Crippen LogP) is 3.61. The average Bonchev–Trinajstić information content (AvgIpc) is 3.34. The van der Waals surface area contributed by atoms with Gasteiger partial charge in [-0.3, -0.25) is 14.4 Å². The van der Waals surface area contributed by atoms with Crippen LogP contribution < -0.4 is 20.1 Å². The third kappa shape index (κ3) is 6.15. The number of benzene rings is 2. The van der Waals surface area contributed by atoms with Crippen molar-refractivity contribution < 1.29 is 37.0 Å². The molecule has 11 heteroatoms. The standard InChI is InChI=1S/C26H28F3N3O5/c1-15(2)30-24(34)22(31-23(33)18-5-8-20-21(13-18)37-14-36-20)16-9-11-32(12-10-16)25(35)17-3-6-19(7-4-17)26(27,28)29/h3-8,13,15-16,22H,9-12,14H2,1-2H3,(H,30,34)(H,31,33)/t22-/m0/s1. The first-order chi connectivity index (χ1) is 17.5. The Labute approximate surface area is 212 Å². The van der Waals surface area contributed by atoms with Crippen molar-refractivity contribution in [2.45, 2.75) is 44.9 Å². The third-order valence-corrected chi connectivity index (χ3v) is 6.39. The zero-order valence-electron chi connectivity index (χ0n) is 20.4. The molecule has 198 valence electrons. The average molecular weight is 520 g/mol. The summed E-state index contributed by atoms with van der Waals surface area (Å²) in [7, 11) is 0. The van der Waals surface area contributed by atoms with Crippen LogP contribution >= 0.6 is 0 Å². The second-order valence-electron chi connectivity index (χ2n) is 9.39. The fraction of sp³-hybridized carbons (Fsp3) is 0.423. The van der Waals surface area contributed by atoms with Crippen LogP contribution in [0.1, 0.15) is 53.0 Å². The zero-order valence-corrected chi connectivity index (χ0v) is 20.4. The van der Waals surface area contributed by atoms with Gasteiger partial charge in [-0.2, -0.15) is 13.2 Å². The molecule has 0 radical (unpaired) electrons. The highest BCUT2D eigenvalue weighted by atomic mass is 19.4. The van der Waals surface area contributed by atoms with Crippen LogP contribution in [0.5, 0.6) is 11.5 Å². The van der Waals surface area contributed by atoms with Gasteiger partial charge in [0.25, 0.3) is 11.8 Å². The molecule has 2 aliphatic heterocycles. The number of ether oxygens (including phenoxy) is 2. The Kier molecular flexibility index (Phi) is 7.60. The van der Waals surface area contributed by atoms with Crippen LogP contribution in [0.25, 0.3) is 0 Å². The molecule has 4 rings (SSSR count). The molecule has 0 bridgehead atoms. The molecule has 0 spiro atoms. The summed E-state index contributed by atoms with van der Waals surface area (Å²) >= 11 is 0. The van der Waals surface area contributed by atoms with Crippen LogP contribution in [0.2, 0.25) is 0 Å². The number of halogens is 3. The lowest BCUT2D eigenvalue weighted by Crippen LogP contribution is -2.54. The van der Waals surface area contributed by atoms with Gasteiger partial charge in [0.1, 0.15) is 6.04 Å². The molecule has 1 fully saturated rings. The number of fused-ring (bicyclic) bond motifs is 1. The summed E-state index contributed by atoms with van der Waals surface area (Å²) in [5, 5.41) is 5.68. The van der Waals surface area contributed by atoms with E-state index in [2.05, 4.69) is 10.6 Å². The van der Waals surface area contributed by atoms with Crippen LogP contribution in [0.15, 0.2) is 42.5 Å². The van der Waals surface area contributed by atoms with Crippen molar-refractivity contribution in [3.63, 3.8) is 0 Å². The van der Waals surface area contributed by atoms with Gasteiger partial charge in [-0.1, -0.05) is 0 Å². The molecule has 2 N–H and O–H groups in total. The first-order valence-corrected chi connectivity index (χ1v) is 12.0. The van der Waals surface area contributed by atoms with Gasteiger partial charge < -0.3 is 25.0 Å². The van der Waals surface area contributed by atoms with E-state index >= 15 is 0 Å². The van der Waals surface area contributed by atoms with Gasteiger partial charge in [0.2, 0.25) is 12.7 Å². The van der Waals surface area contributed by atoms with Crippen LogP contribution in [-0.2, 0) is 11.0 Å². The van der Waals surface area contributed by atoms with E-state index in [1.165, 1.54) is 12.1 Å². The SMILES string of the molecule is CC(C)NC(=O)[C@@H](NC(=O)c1ccc2c(c1)OCO2)C1CCN(C(=O)c2ccc(C(F)(F)F)cc2)CC1. The lowest BCUT2D eigenvalue weighted by Gasteiger charge is -2.36. The van der Waals surface area contributed by atoms with Crippen LogP contribution in [0.4, 0.5) is 13.2 Å². The molecule has 2 heterocycles. The Morgan fingerprint density at radius 2 is 1.54 bits per heavy atom. The zero-order chi connectivity index (χ0) is 26.7. The first-order valence-electron chi connectivity index (χ1n) is 12.0. The first kappa shape index (κ1) is 26.3. The number of hydrogen-bond acceptors (Lipinski definition) is 5. The summed E-state index contributed by atoms with van der Waals surface area (Å²) in [6.07, 6.45) is -3.61. The minimum atomic E-state index is -4.48. The van der Waals surface area contributed by atoms with Crippen LogP contribution in [-0.4, -0.2) is 54.6 Å². The minimum absolute atomic E-state index is 0.0730. The molecule has 1 saturated heterocycles. The molecule has 0 aromatic heterocycles. The normalized spacial score (nSPS) is 16.4. The molecule has 37 heavy (non-hydrogen) atoms. The quantitative estimate of drug-likeness (QED) is 0.608. The molecule has 8 nitrogen and oxygen atoms in total. The lowest BCUT2D eigenvalue weighted by atomic mass is 9.88. The molecule has 3 amide bonds. The fourth-order valence-electron chi connectivity index (χ4n) is 4.45. The number of carbonyl (C=O) groups is 3. The van der Waals surface area contributed by atoms with E-state index in [1.54, 1.807) is 23.1 Å².